The number of para-hydroxylation sites is 1. The van der Waals surface area contributed by atoms with Gasteiger partial charge in [0, 0.05) is 48.7 Å². The number of rotatable bonds is 24. The Bertz CT molecular complexity index is 1730. The zero-order chi connectivity index (χ0) is 41.2. The van der Waals surface area contributed by atoms with Crippen molar-refractivity contribution in [2.75, 3.05) is 12.3 Å². The summed E-state index contributed by atoms with van der Waals surface area (Å²) in [6.07, 6.45) is 0.167. The van der Waals surface area contributed by atoms with Crippen LogP contribution in [0.15, 0.2) is 35.5 Å². The minimum absolute atomic E-state index is 0.00438. The maximum atomic E-state index is 14.0. The Morgan fingerprint density at radius 1 is 0.745 bits per heavy atom. The molecule has 17 N–H and O–H groups in total. The number of carbonyl (C=O) groups excluding carboxylic acids is 7. The maximum absolute atomic E-state index is 14.0. The lowest BCUT2D eigenvalue weighted by Crippen LogP contribution is -2.59. The summed E-state index contributed by atoms with van der Waals surface area (Å²) in [5.74, 6) is -7.50. The topological polar surface area (TPSA) is 375 Å². The number of carboxylic acids is 1. The molecule has 0 saturated carbocycles. The molecule has 6 atom stereocenters. The van der Waals surface area contributed by atoms with Crippen LogP contribution in [0, 0.1) is 0 Å². The van der Waals surface area contributed by atoms with E-state index in [2.05, 4.69) is 49.2 Å². The Hall–Kier alpha value is -5.90. The lowest BCUT2D eigenvalue weighted by molar-refractivity contribution is -0.142. The van der Waals surface area contributed by atoms with Gasteiger partial charge in [0.2, 0.25) is 41.4 Å². The van der Waals surface area contributed by atoms with Gasteiger partial charge in [-0.25, -0.2) is 4.79 Å². The van der Waals surface area contributed by atoms with Gasteiger partial charge in [-0.3, -0.25) is 38.6 Å². The number of fused-ring (bicyclic) bond motifs is 1. The van der Waals surface area contributed by atoms with Gasteiger partial charge in [0.15, 0.2) is 5.96 Å². The molecule has 0 aliphatic carbocycles. The summed E-state index contributed by atoms with van der Waals surface area (Å²) in [6.45, 7) is 1.42. The number of carbonyl (C=O) groups is 8. The fourth-order valence-corrected chi connectivity index (χ4v) is 5.35. The largest absolute Gasteiger partial charge is 0.480 e. The predicted molar refractivity (Wildman–Crippen MR) is 204 cm³/mol. The van der Waals surface area contributed by atoms with E-state index in [-0.39, 0.29) is 63.2 Å². The molecule has 0 unspecified atom stereocenters. The second-order valence-corrected chi connectivity index (χ2v) is 13.0. The molecule has 22 heteroatoms. The third kappa shape index (κ3) is 15.5. The van der Waals surface area contributed by atoms with E-state index >= 15 is 0 Å². The summed E-state index contributed by atoms with van der Waals surface area (Å²) in [6, 6.07) is -0.933. The number of aliphatic carboxylic acids is 1. The zero-order valence-electron chi connectivity index (χ0n) is 30.2. The number of guanidine groups is 1. The molecule has 1 aromatic heterocycles. The molecule has 0 saturated heterocycles. The fraction of sp³-hybridized carbons (Fsp3) is 0.485. The molecule has 21 nitrogen and oxygen atoms in total. The number of nitrogens with one attached hydrogen (secondary N) is 6. The molecule has 302 valence electrons. The number of hydrogen-bond donors (Lipinski definition) is 13. The highest BCUT2D eigenvalue weighted by molar-refractivity contribution is 7.80. The summed E-state index contributed by atoms with van der Waals surface area (Å²) in [7, 11) is 0. The van der Waals surface area contributed by atoms with Crippen LogP contribution in [0.3, 0.4) is 0 Å². The van der Waals surface area contributed by atoms with Crippen molar-refractivity contribution in [1.29, 1.82) is 0 Å². The molecular formula is C33H50N12O9S. The zero-order valence-corrected chi connectivity index (χ0v) is 31.1. The van der Waals surface area contributed by atoms with E-state index in [0.717, 1.165) is 0 Å². The van der Waals surface area contributed by atoms with Crippen molar-refractivity contribution in [3.05, 3.63) is 36.0 Å². The first-order valence-corrected chi connectivity index (χ1v) is 17.8. The average Bonchev–Trinajstić information content (AvgIpc) is 3.53. The highest BCUT2D eigenvalue weighted by Gasteiger charge is 2.33. The van der Waals surface area contributed by atoms with E-state index < -0.39 is 83.6 Å². The van der Waals surface area contributed by atoms with Gasteiger partial charge in [-0.2, -0.15) is 12.6 Å². The molecule has 0 fully saturated rings. The second-order valence-electron chi connectivity index (χ2n) is 12.6. The summed E-state index contributed by atoms with van der Waals surface area (Å²) in [5, 5.41) is 22.7. The van der Waals surface area contributed by atoms with Crippen molar-refractivity contribution in [3.8, 4) is 0 Å². The monoisotopic (exact) mass is 790 g/mol. The number of benzene rings is 1. The van der Waals surface area contributed by atoms with Gasteiger partial charge >= 0.3 is 5.97 Å². The van der Waals surface area contributed by atoms with Gasteiger partial charge in [0.25, 0.3) is 0 Å². The standard InChI is InChI=1S/C33H50N12O9S/c1-16(41-28(49)19(34)15-55)27(48)42-21(8-10-25(35)46)30(51)45-24(13-17-14-40-20-6-3-2-5-18(17)20)31(52)43-22(9-11-26(36)47)29(50)44-23(32(53)54)7-4-12-39-33(37)38/h2-3,5-6,14,16,19,21-24,40,55H,4,7-13,15,34H2,1H3,(H2,35,46)(H2,36,47)(H,41,49)(H,42,48)(H,43,52)(H,44,50)(H,45,51)(H,53,54)(H4,37,38,39)/t16-,19-,21-,22-,23-,24-/m0/s1. The van der Waals surface area contributed by atoms with Gasteiger partial charge in [0.1, 0.15) is 30.2 Å². The van der Waals surface area contributed by atoms with E-state index in [0.29, 0.717) is 16.5 Å². The highest BCUT2D eigenvalue weighted by Crippen LogP contribution is 2.19. The van der Waals surface area contributed by atoms with Crippen LogP contribution in [0.1, 0.15) is 51.0 Å². The van der Waals surface area contributed by atoms with Crippen LogP contribution >= 0.6 is 12.6 Å². The normalized spacial score (nSPS) is 14.2. The van der Waals surface area contributed by atoms with Crippen LogP contribution in [0.2, 0.25) is 0 Å². The minimum Gasteiger partial charge on any atom is -0.480 e. The smallest absolute Gasteiger partial charge is 0.326 e. The minimum atomic E-state index is -1.50. The Morgan fingerprint density at radius 3 is 1.82 bits per heavy atom. The summed E-state index contributed by atoms with van der Waals surface area (Å²) in [5.41, 5.74) is 28.2. The number of H-pyrrole nitrogens is 1. The van der Waals surface area contributed by atoms with Crippen LogP contribution in [0.5, 0.6) is 0 Å². The number of nitrogens with two attached hydrogens (primary N) is 5. The Labute approximate surface area is 321 Å². The van der Waals surface area contributed by atoms with Gasteiger partial charge in [0.05, 0.1) is 6.04 Å². The van der Waals surface area contributed by atoms with Crippen molar-refractivity contribution >= 4 is 76.8 Å². The van der Waals surface area contributed by atoms with E-state index in [4.69, 9.17) is 28.7 Å². The number of aromatic amines is 1. The van der Waals surface area contributed by atoms with Crippen molar-refractivity contribution in [3.63, 3.8) is 0 Å². The number of carboxylic acid groups (broad SMARTS) is 1. The predicted octanol–water partition coefficient (Wildman–Crippen LogP) is -3.92. The van der Waals surface area contributed by atoms with Crippen molar-refractivity contribution < 1.29 is 43.5 Å². The van der Waals surface area contributed by atoms with Crippen LogP contribution in [0.4, 0.5) is 0 Å². The third-order valence-electron chi connectivity index (χ3n) is 8.20. The molecule has 0 aliphatic heterocycles. The Kier molecular flexibility index (Phi) is 18.4. The second kappa shape index (κ2) is 22.3. The molecule has 1 heterocycles. The van der Waals surface area contributed by atoms with Crippen LogP contribution < -0.4 is 55.3 Å². The molecule has 0 bridgehead atoms. The average molecular weight is 791 g/mol. The van der Waals surface area contributed by atoms with Crippen LogP contribution in [0.25, 0.3) is 10.9 Å². The van der Waals surface area contributed by atoms with Gasteiger partial charge in [-0.15, -0.1) is 0 Å². The lowest BCUT2D eigenvalue weighted by atomic mass is 10.0. The molecule has 1 aromatic carbocycles. The molecule has 0 aliphatic rings. The van der Waals surface area contributed by atoms with E-state index in [1.807, 2.05) is 0 Å². The number of amides is 7. The highest BCUT2D eigenvalue weighted by atomic mass is 32.1. The quantitative estimate of drug-likeness (QED) is 0.0210. The number of nitrogens with zero attached hydrogens (tertiary/aromatic N) is 1. The Balaban J connectivity index is 2.42. The molecule has 2 aromatic rings. The van der Waals surface area contributed by atoms with E-state index in [9.17, 15) is 43.5 Å². The Morgan fingerprint density at radius 2 is 1.27 bits per heavy atom. The van der Waals surface area contributed by atoms with Gasteiger partial charge in [-0.1, -0.05) is 18.2 Å². The third-order valence-corrected chi connectivity index (χ3v) is 8.60. The fourth-order valence-electron chi connectivity index (χ4n) is 5.18. The van der Waals surface area contributed by atoms with Crippen LogP contribution in [-0.2, 0) is 44.8 Å². The van der Waals surface area contributed by atoms with Crippen LogP contribution in [-0.4, -0.2) is 112 Å². The van der Waals surface area contributed by atoms with Gasteiger partial charge in [-0.05, 0) is 44.2 Å². The SMILES string of the molecule is C[C@H](NC(=O)[C@@H](N)CS)C(=O)N[C@@H](CCC(N)=O)C(=O)N[C@@H](Cc1c[nH]c2ccccc12)C(=O)N[C@@H](CCC(N)=O)C(=O)N[C@@H](CCCN=C(N)N)C(=O)O. The molecule has 7 amide bonds. The first kappa shape index (κ1) is 45.3. The number of thiol groups is 1. The first-order valence-electron chi connectivity index (χ1n) is 17.2. The van der Waals surface area contributed by atoms with Gasteiger partial charge < -0.3 is 65.3 Å². The molecule has 2 rings (SSSR count). The van der Waals surface area contributed by atoms with Crippen molar-refractivity contribution in [2.45, 2.75) is 88.1 Å². The molecule has 0 radical (unpaired) electrons. The summed E-state index contributed by atoms with van der Waals surface area (Å²) < 4.78 is 0. The summed E-state index contributed by atoms with van der Waals surface area (Å²) >= 11 is 3.96. The van der Waals surface area contributed by atoms with E-state index in [1.165, 1.54) is 6.92 Å². The maximum Gasteiger partial charge on any atom is 0.326 e. The molecular weight excluding hydrogens is 741 g/mol. The van der Waals surface area contributed by atoms with Crippen molar-refractivity contribution in [2.24, 2.45) is 33.7 Å². The number of hydrogen-bond acceptors (Lipinski definition) is 11. The first-order chi connectivity index (χ1) is 25.9. The molecule has 0 spiro atoms. The lowest BCUT2D eigenvalue weighted by Gasteiger charge is -2.26. The number of primary amides is 2. The number of aliphatic imine (C=N–C) groups is 1. The van der Waals surface area contributed by atoms with Crippen molar-refractivity contribution in [1.82, 2.24) is 31.6 Å². The summed E-state index contributed by atoms with van der Waals surface area (Å²) in [4.78, 5) is 109. The van der Waals surface area contributed by atoms with E-state index in [1.54, 1.807) is 30.5 Å². The molecule has 55 heavy (non-hydrogen) atoms. The number of aromatic nitrogens is 1.